The van der Waals surface area contributed by atoms with Gasteiger partial charge in [0.1, 0.15) is 0 Å². The maximum atomic E-state index is 13.4. The molecule has 0 aromatic carbocycles. The second-order valence-corrected chi connectivity index (χ2v) is 4.42. The van der Waals surface area contributed by atoms with Gasteiger partial charge in [-0.15, -0.1) is 0 Å². The minimum absolute atomic E-state index is 1.05. The lowest BCUT2D eigenvalue weighted by molar-refractivity contribution is 0.0990. The van der Waals surface area contributed by atoms with Crippen LogP contribution in [0.25, 0.3) is 0 Å². The van der Waals surface area contributed by atoms with Crippen molar-refractivity contribution < 1.29 is 35.8 Å². The minimum Gasteiger partial charge on any atom is -0.451 e. The summed E-state index contributed by atoms with van der Waals surface area (Å²) in [5.41, 5.74) is 0. The van der Waals surface area contributed by atoms with Crippen LogP contribution in [-0.4, -0.2) is 16.8 Å². The van der Waals surface area contributed by atoms with E-state index in [0.29, 0.717) is 0 Å². The monoisotopic (exact) mass is 378 g/mol. The second-order valence-electron chi connectivity index (χ2n) is 3.71. The Bertz CT molecular complexity index is 661. The maximum Gasteiger partial charge on any atom is 0.254 e. The van der Waals surface area contributed by atoms with Crippen molar-refractivity contribution in [3.63, 3.8) is 0 Å². The van der Waals surface area contributed by atoms with Crippen molar-refractivity contribution in [2.45, 2.75) is 0 Å². The van der Waals surface area contributed by atoms with Gasteiger partial charge in [-0.3, -0.25) is 0 Å². The van der Waals surface area contributed by atoms with Gasteiger partial charge in [-0.1, -0.05) is 23.2 Å². The molecule has 0 spiro atoms. The highest BCUT2D eigenvalue weighted by Gasteiger charge is 2.24. The van der Waals surface area contributed by atoms with Crippen LogP contribution >= 0.6 is 23.2 Å². The van der Waals surface area contributed by atoms with Gasteiger partial charge in [0.05, 0.1) is 0 Å². The van der Waals surface area contributed by atoms with E-state index in [0.717, 1.165) is 0 Å². The normalized spacial score (nSPS) is 10.8. The van der Waals surface area contributed by atoms with Crippen molar-refractivity contribution >= 4 is 23.2 Å². The smallest absolute Gasteiger partial charge is 0.254 e. The van der Waals surface area contributed by atoms with Gasteiger partial charge < -0.3 is 9.47 Å². The van der Waals surface area contributed by atoms with Crippen LogP contribution in [0.3, 0.4) is 0 Å². The third kappa shape index (κ3) is 3.37. The fourth-order valence-electron chi connectivity index (χ4n) is 1.34. The summed E-state index contributed by atoms with van der Waals surface area (Å²) in [4.78, 5) is 5.37. The van der Waals surface area contributed by atoms with E-state index in [2.05, 4.69) is 19.4 Å². The number of aromatic nitrogens is 2. The van der Waals surface area contributed by atoms with Gasteiger partial charge >= 0.3 is 0 Å². The molecule has 2 aromatic heterocycles. The molecular weight excluding hydrogens is 377 g/mol. The van der Waals surface area contributed by atoms with Crippen LogP contribution in [0.15, 0.2) is 0 Å². The molecule has 23 heavy (non-hydrogen) atoms. The summed E-state index contributed by atoms with van der Waals surface area (Å²) in [5, 5.41) is -2.09. The number of nitrogens with zero attached hydrogens (tertiary/aromatic N) is 2. The molecule has 0 aliphatic rings. The van der Waals surface area contributed by atoms with Gasteiger partial charge in [0.15, 0.2) is 10.3 Å². The predicted molar refractivity (Wildman–Crippen MR) is 64.4 cm³/mol. The van der Waals surface area contributed by atoms with E-state index in [1.165, 1.54) is 0 Å². The molecule has 0 amide bonds. The zero-order chi connectivity index (χ0) is 17.3. The van der Waals surface area contributed by atoms with E-state index in [-0.39, 0.29) is 0 Å². The fourth-order valence-corrected chi connectivity index (χ4v) is 1.66. The Balaban J connectivity index is 2.22. The molecule has 2 aromatic rings. The molecule has 0 aliphatic carbocycles. The average Bonchev–Trinajstić information content (AvgIpc) is 2.49. The van der Waals surface area contributed by atoms with Crippen LogP contribution < -0.4 is 9.47 Å². The summed E-state index contributed by atoms with van der Waals surface area (Å²) in [6.07, 6.45) is 0. The van der Waals surface area contributed by atoms with E-state index in [1.807, 2.05) is 0 Å². The first-order valence-electron chi connectivity index (χ1n) is 5.39. The largest absolute Gasteiger partial charge is 0.451 e. The number of hydrogen-bond donors (Lipinski definition) is 0. The Morgan fingerprint density at radius 1 is 0.652 bits per heavy atom. The van der Waals surface area contributed by atoms with Crippen molar-refractivity contribution in [1.29, 1.82) is 0 Å². The van der Waals surface area contributed by atoms with E-state index < -0.39 is 63.8 Å². The van der Waals surface area contributed by atoms with Crippen molar-refractivity contribution in [3.8, 4) is 11.5 Å². The minimum atomic E-state index is -1.85. The van der Waals surface area contributed by atoms with E-state index in [1.54, 1.807) is 0 Å². The van der Waals surface area contributed by atoms with Crippen LogP contribution in [0.4, 0.5) is 26.3 Å². The van der Waals surface area contributed by atoms with Gasteiger partial charge in [0.2, 0.25) is 41.6 Å². The molecule has 0 radical (unpaired) electrons. The Morgan fingerprint density at radius 3 is 1.35 bits per heavy atom. The maximum absolute atomic E-state index is 13.4. The Kier molecular flexibility index (Phi) is 5.05. The Hall–Kier alpha value is -1.94. The molecule has 4 nitrogen and oxygen atoms in total. The van der Waals surface area contributed by atoms with E-state index >= 15 is 0 Å². The molecule has 12 heteroatoms. The van der Waals surface area contributed by atoms with Gasteiger partial charge in [-0.25, -0.2) is 9.97 Å². The molecule has 0 saturated heterocycles. The molecule has 0 atom stereocenters. The highest BCUT2D eigenvalue weighted by molar-refractivity contribution is 6.29. The van der Waals surface area contributed by atoms with E-state index in [9.17, 15) is 26.3 Å². The second kappa shape index (κ2) is 6.67. The van der Waals surface area contributed by atoms with Crippen LogP contribution in [0.5, 0.6) is 11.5 Å². The van der Waals surface area contributed by atoms with E-state index in [4.69, 9.17) is 23.2 Å². The summed E-state index contributed by atoms with van der Waals surface area (Å²) in [6, 6.07) is 0. The first-order valence-corrected chi connectivity index (χ1v) is 6.15. The molecule has 2 heterocycles. The van der Waals surface area contributed by atoms with Gasteiger partial charge in [0.25, 0.3) is 11.9 Å². The zero-order valence-electron chi connectivity index (χ0n) is 10.4. The predicted octanol–water partition coefficient (Wildman–Crippen LogP) is 4.03. The molecule has 0 aliphatic heterocycles. The first-order chi connectivity index (χ1) is 10.7. The van der Waals surface area contributed by atoms with Crippen molar-refractivity contribution in [3.05, 3.63) is 45.5 Å². The van der Waals surface area contributed by atoms with Crippen molar-refractivity contribution in [2.24, 2.45) is 0 Å². The van der Waals surface area contributed by atoms with Crippen LogP contribution in [-0.2, 0) is 0 Å². The lowest BCUT2D eigenvalue weighted by atomic mass is 10.4. The third-order valence-electron chi connectivity index (χ3n) is 2.32. The standard InChI is InChI=1S/C11H2Cl2F6N2O2/c12-8-2(14)6(4(16)10(18)20-8)22-1-23-7-3(15)9(13)21-11(19)5(7)17/h1H2. The summed E-state index contributed by atoms with van der Waals surface area (Å²) < 4.78 is 88.1. The zero-order valence-corrected chi connectivity index (χ0v) is 12.0. The number of hydrogen-bond acceptors (Lipinski definition) is 4. The number of ether oxygens (including phenoxy) is 2. The topological polar surface area (TPSA) is 44.2 Å². The SMILES string of the molecule is Fc1nc(Cl)c(F)c(OCOc2c(F)c(F)nc(Cl)c2F)c1F. The highest BCUT2D eigenvalue weighted by Crippen LogP contribution is 2.30. The lowest BCUT2D eigenvalue weighted by Crippen LogP contribution is -2.13. The molecular formula is C11H2Cl2F6N2O2. The van der Waals surface area contributed by atoms with Crippen molar-refractivity contribution in [1.82, 2.24) is 9.97 Å². The molecule has 0 bridgehead atoms. The lowest BCUT2D eigenvalue weighted by Gasteiger charge is -2.12. The molecule has 0 unspecified atom stereocenters. The molecule has 0 fully saturated rings. The molecule has 2 rings (SSSR count). The molecule has 124 valence electrons. The Labute approximate surface area is 133 Å². The summed E-state index contributed by atoms with van der Waals surface area (Å²) in [7, 11) is 0. The average molecular weight is 379 g/mol. The number of rotatable bonds is 4. The highest BCUT2D eigenvalue weighted by atomic mass is 35.5. The van der Waals surface area contributed by atoms with Gasteiger partial charge in [0, 0.05) is 0 Å². The summed E-state index contributed by atoms with van der Waals surface area (Å²) in [5.74, 6) is -13.1. The quantitative estimate of drug-likeness (QED) is 0.457. The Morgan fingerprint density at radius 2 is 1.00 bits per heavy atom. The van der Waals surface area contributed by atoms with Gasteiger partial charge in [-0.05, 0) is 0 Å². The number of pyridine rings is 2. The van der Waals surface area contributed by atoms with Crippen LogP contribution in [0, 0.1) is 35.2 Å². The first kappa shape index (κ1) is 17.4. The summed E-state index contributed by atoms with van der Waals surface area (Å²) in [6.45, 7) is -1.23. The van der Waals surface area contributed by atoms with Gasteiger partial charge in [-0.2, -0.15) is 26.3 Å². The number of halogens is 8. The summed E-state index contributed by atoms with van der Waals surface area (Å²) >= 11 is 10.3. The molecule has 0 N–H and O–H groups in total. The van der Waals surface area contributed by atoms with Crippen LogP contribution in [0.1, 0.15) is 0 Å². The third-order valence-corrected chi connectivity index (χ3v) is 2.82. The van der Waals surface area contributed by atoms with Crippen LogP contribution in [0.2, 0.25) is 10.3 Å². The molecule has 0 saturated carbocycles. The van der Waals surface area contributed by atoms with Crippen molar-refractivity contribution in [2.75, 3.05) is 6.79 Å². The fraction of sp³-hybridized carbons (Fsp3) is 0.0909.